The van der Waals surface area contributed by atoms with Gasteiger partial charge in [-0.3, -0.25) is 4.79 Å². The molecule has 2 aliphatic heterocycles. The number of amides is 1. The van der Waals surface area contributed by atoms with Gasteiger partial charge in [-0.25, -0.2) is 9.97 Å². The Balaban J connectivity index is 1.39. The molecule has 0 saturated carbocycles. The van der Waals surface area contributed by atoms with Crippen LogP contribution in [0, 0.1) is 0 Å². The summed E-state index contributed by atoms with van der Waals surface area (Å²) in [6.45, 7) is 3.53. The highest BCUT2D eigenvalue weighted by atomic mass is 16.2. The first-order valence-electron chi connectivity index (χ1n) is 9.44. The minimum Gasteiger partial charge on any atom is -0.351 e. The van der Waals surface area contributed by atoms with Gasteiger partial charge in [0.2, 0.25) is 5.95 Å². The third kappa shape index (κ3) is 3.70. The molecule has 2 saturated heterocycles. The second kappa shape index (κ2) is 7.83. The summed E-state index contributed by atoms with van der Waals surface area (Å²) in [7, 11) is 0. The maximum absolute atomic E-state index is 13.1. The van der Waals surface area contributed by atoms with Crippen LogP contribution in [0.25, 0.3) is 0 Å². The van der Waals surface area contributed by atoms with Gasteiger partial charge in [0.1, 0.15) is 0 Å². The van der Waals surface area contributed by atoms with E-state index >= 15 is 0 Å². The number of hydrogen-bond acceptors (Lipinski definition) is 5. The normalized spacial score (nSPS) is 20.9. The Labute approximate surface area is 154 Å². The highest BCUT2D eigenvalue weighted by molar-refractivity contribution is 5.96. The molecule has 2 N–H and O–H groups in total. The summed E-state index contributed by atoms with van der Waals surface area (Å²) in [5.41, 5.74) is 2.07. The summed E-state index contributed by atoms with van der Waals surface area (Å²) in [5.74, 6) is 1.28. The van der Waals surface area contributed by atoms with E-state index in [9.17, 15) is 4.79 Å². The largest absolute Gasteiger partial charge is 0.351 e. The molecule has 0 unspecified atom stereocenters. The Morgan fingerprint density at radius 3 is 2.58 bits per heavy atom. The van der Waals surface area contributed by atoms with Crippen LogP contribution in [-0.2, 0) is 0 Å². The average molecular weight is 351 g/mol. The number of piperidine rings is 1. The van der Waals surface area contributed by atoms with Gasteiger partial charge in [0, 0.05) is 43.6 Å². The molecular weight excluding hydrogens is 326 g/mol. The number of aromatic nitrogens is 2. The molecule has 2 aliphatic rings. The standard InChI is InChI=1S/C20H25N5O/c26-19(18-5-2-1-4-17(18)15-6-11-21-14-15)25-12-7-16(8-13-25)24-20-22-9-3-10-23-20/h1-5,9-10,15-16,21H,6-8,11-14H2,(H,22,23,24)/t15-/m1/s1. The average Bonchev–Trinajstić information content (AvgIpc) is 3.24. The molecule has 2 aromatic rings. The highest BCUT2D eigenvalue weighted by Crippen LogP contribution is 2.27. The van der Waals surface area contributed by atoms with E-state index in [4.69, 9.17) is 0 Å². The molecule has 3 heterocycles. The summed E-state index contributed by atoms with van der Waals surface area (Å²) < 4.78 is 0. The molecule has 0 radical (unpaired) electrons. The SMILES string of the molecule is O=C(c1ccccc1[C@@H]1CCNC1)N1CCC(Nc2ncccn2)CC1. The summed E-state index contributed by atoms with van der Waals surface area (Å²) in [6.07, 6.45) is 6.41. The summed E-state index contributed by atoms with van der Waals surface area (Å²) >= 11 is 0. The molecule has 2 fully saturated rings. The Morgan fingerprint density at radius 2 is 1.85 bits per heavy atom. The number of nitrogens with zero attached hydrogens (tertiary/aromatic N) is 3. The predicted octanol–water partition coefficient (Wildman–Crippen LogP) is 2.27. The molecule has 0 spiro atoms. The monoisotopic (exact) mass is 351 g/mol. The van der Waals surface area contributed by atoms with E-state index < -0.39 is 0 Å². The first kappa shape index (κ1) is 17.0. The molecule has 1 aromatic carbocycles. The van der Waals surface area contributed by atoms with Gasteiger partial charge in [-0.05, 0) is 49.4 Å². The second-order valence-corrected chi connectivity index (χ2v) is 7.06. The van der Waals surface area contributed by atoms with E-state index in [1.165, 1.54) is 5.56 Å². The van der Waals surface area contributed by atoms with Crippen molar-refractivity contribution in [3.05, 3.63) is 53.9 Å². The topological polar surface area (TPSA) is 70.2 Å². The van der Waals surface area contributed by atoms with Crippen molar-refractivity contribution in [3.63, 3.8) is 0 Å². The maximum atomic E-state index is 13.1. The lowest BCUT2D eigenvalue weighted by Crippen LogP contribution is -2.43. The molecule has 6 nitrogen and oxygen atoms in total. The predicted molar refractivity (Wildman–Crippen MR) is 101 cm³/mol. The van der Waals surface area contributed by atoms with Gasteiger partial charge in [-0.15, -0.1) is 0 Å². The molecule has 0 bridgehead atoms. The van der Waals surface area contributed by atoms with Crippen molar-refractivity contribution in [3.8, 4) is 0 Å². The third-order valence-corrected chi connectivity index (χ3v) is 5.37. The van der Waals surface area contributed by atoms with E-state index in [0.29, 0.717) is 17.9 Å². The fourth-order valence-corrected chi connectivity index (χ4v) is 3.92. The van der Waals surface area contributed by atoms with E-state index in [1.807, 2.05) is 29.2 Å². The molecular formula is C20H25N5O. The molecule has 1 atom stereocenters. The first-order chi connectivity index (χ1) is 12.8. The van der Waals surface area contributed by atoms with Crippen LogP contribution >= 0.6 is 0 Å². The number of anilines is 1. The van der Waals surface area contributed by atoms with Gasteiger partial charge in [0.15, 0.2) is 0 Å². The maximum Gasteiger partial charge on any atom is 0.254 e. The van der Waals surface area contributed by atoms with Crippen molar-refractivity contribution < 1.29 is 4.79 Å². The number of carbonyl (C=O) groups excluding carboxylic acids is 1. The van der Waals surface area contributed by atoms with Gasteiger partial charge in [0.25, 0.3) is 5.91 Å². The minimum atomic E-state index is 0.168. The van der Waals surface area contributed by atoms with E-state index in [1.54, 1.807) is 12.4 Å². The lowest BCUT2D eigenvalue weighted by atomic mass is 9.92. The van der Waals surface area contributed by atoms with Gasteiger partial charge in [-0.1, -0.05) is 18.2 Å². The summed E-state index contributed by atoms with van der Waals surface area (Å²) in [5, 5.41) is 6.77. The molecule has 1 aromatic heterocycles. The molecule has 136 valence electrons. The van der Waals surface area contributed by atoms with Crippen LogP contribution in [-0.4, -0.2) is 53.0 Å². The van der Waals surface area contributed by atoms with E-state index in [2.05, 4.69) is 26.7 Å². The van der Waals surface area contributed by atoms with E-state index in [0.717, 1.165) is 51.0 Å². The fraction of sp³-hybridized carbons (Fsp3) is 0.450. The van der Waals surface area contributed by atoms with Crippen LogP contribution in [0.3, 0.4) is 0 Å². The van der Waals surface area contributed by atoms with Gasteiger partial charge in [-0.2, -0.15) is 0 Å². The number of likely N-dealkylation sites (tertiary alicyclic amines) is 1. The zero-order valence-electron chi connectivity index (χ0n) is 14.9. The van der Waals surface area contributed by atoms with Crippen LogP contribution in [0.4, 0.5) is 5.95 Å². The fourth-order valence-electron chi connectivity index (χ4n) is 3.92. The molecule has 6 heteroatoms. The lowest BCUT2D eigenvalue weighted by molar-refractivity contribution is 0.0717. The highest BCUT2D eigenvalue weighted by Gasteiger charge is 2.27. The van der Waals surface area contributed by atoms with Crippen LogP contribution in [0.1, 0.15) is 41.1 Å². The zero-order chi connectivity index (χ0) is 17.8. The summed E-state index contributed by atoms with van der Waals surface area (Å²) in [6, 6.07) is 10.2. The van der Waals surface area contributed by atoms with Crippen molar-refractivity contribution in [2.24, 2.45) is 0 Å². The number of rotatable bonds is 4. The number of carbonyl (C=O) groups is 1. The van der Waals surface area contributed by atoms with Crippen LogP contribution < -0.4 is 10.6 Å². The number of hydrogen-bond donors (Lipinski definition) is 2. The van der Waals surface area contributed by atoms with Crippen molar-refractivity contribution in [2.75, 3.05) is 31.5 Å². The quantitative estimate of drug-likeness (QED) is 0.884. The van der Waals surface area contributed by atoms with Crippen molar-refractivity contribution in [2.45, 2.75) is 31.2 Å². The smallest absolute Gasteiger partial charge is 0.254 e. The Kier molecular flexibility index (Phi) is 5.11. The lowest BCUT2D eigenvalue weighted by Gasteiger charge is -2.33. The zero-order valence-corrected chi connectivity index (χ0v) is 14.9. The Morgan fingerprint density at radius 1 is 1.08 bits per heavy atom. The number of nitrogens with one attached hydrogen (secondary N) is 2. The first-order valence-corrected chi connectivity index (χ1v) is 9.44. The van der Waals surface area contributed by atoms with Crippen molar-refractivity contribution >= 4 is 11.9 Å². The second-order valence-electron chi connectivity index (χ2n) is 7.06. The van der Waals surface area contributed by atoms with Gasteiger partial charge in [0.05, 0.1) is 0 Å². The molecule has 4 rings (SSSR count). The van der Waals surface area contributed by atoms with Gasteiger partial charge >= 0.3 is 0 Å². The van der Waals surface area contributed by atoms with Crippen molar-refractivity contribution in [1.29, 1.82) is 0 Å². The molecule has 1 amide bonds. The Hall–Kier alpha value is -2.47. The molecule has 0 aliphatic carbocycles. The van der Waals surface area contributed by atoms with Crippen LogP contribution in [0.15, 0.2) is 42.7 Å². The third-order valence-electron chi connectivity index (χ3n) is 5.37. The molecule has 26 heavy (non-hydrogen) atoms. The number of benzene rings is 1. The van der Waals surface area contributed by atoms with Crippen LogP contribution in [0.2, 0.25) is 0 Å². The van der Waals surface area contributed by atoms with Gasteiger partial charge < -0.3 is 15.5 Å². The van der Waals surface area contributed by atoms with Crippen LogP contribution in [0.5, 0.6) is 0 Å². The minimum absolute atomic E-state index is 0.168. The summed E-state index contributed by atoms with van der Waals surface area (Å²) in [4.78, 5) is 23.5. The Bertz CT molecular complexity index is 737. The van der Waals surface area contributed by atoms with Crippen molar-refractivity contribution in [1.82, 2.24) is 20.2 Å². The van der Waals surface area contributed by atoms with E-state index in [-0.39, 0.29) is 5.91 Å².